The summed E-state index contributed by atoms with van der Waals surface area (Å²) in [5.74, 6) is 0. The molecule has 9 aromatic carbocycles. The summed E-state index contributed by atoms with van der Waals surface area (Å²) in [4.78, 5) is 28.0. The number of pyridine rings is 6. The van der Waals surface area contributed by atoms with Gasteiger partial charge in [0.25, 0.3) is 0 Å². The number of hydrogen-bond donors (Lipinski definition) is 0. The van der Waals surface area contributed by atoms with Crippen molar-refractivity contribution >= 4 is 65.4 Å². The summed E-state index contributed by atoms with van der Waals surface area (Å²) in [6, 6.07) is 88.0. The average Bonchev–Trinajstić information content (AvgIpc) is 1.78. The summed E-state index contributed by atoms with van der Waals surface area (Å²) < 4.78 is 0. The zero-order valence-electron chi connectivity index (χ0n) is 47.1. The molecule has 10 N–H and O–H groups in total. The fraction of sp³-hybridized carbons (Fsp3) is 0. The molecule has 0 aliphatic carbocycles. The molecule has 6 aromatic heterocycles. The van der Waals surface area contributed by atoms with E-state index < -0.39 is 0 Å². The van der Waals surface area contributed by atoms with Gasteiger partial charge in [-0.25, -0.2) is 0 Å². The van der Waals surface area contributed by atoms with Crippen LogP contribution in [0.25, 0.3) is 132 Å². The van der Waals surface area contributed by atoms with Crippen molar-refractivity contribution in [3.8, 4) is 66.8 Å². The molecule has 0 unspecified atom stereocenters. The molecule has 15 rings (SSSR count). The van der Waals surface area contributed by atoms with Crippen LogP contribution in [-0.2, 0) is 39.0 Å². The van der Waals surface area contributed by atoms with Gasteiger partial charge in [-0.15, -0.1) is 0 Å². The normalized spacial score (nSPS) is 9.71. The first-order chi connectivity index (χ1) is 38.7. The topological polar surface area (TPSA) is 235 Å². The second kappa shape index (κ2) is 35.6. The Morgan fingerprint density at radius 3 is 0.416 bits per heavy atom. The van der Waals surface area contributed by atoms with Crippen LogP contribution in [0.3, 0.4) is 0 Å². The van der Waals surface area contributed by atoms with Crippen molar-refractivity contribution < 1.29 is 116 Å². The third-order valence-corrected chi connectivity index (χ3v) is 14.4. The first kappa shape index (κ1) is 76.7. The molecule has 0 radical (unpaired) electrons. The van der Waals surface area contributed by atoms with Gasteiger partial charge in [-0.3, -0.25) is 29.9 Å². The molecule has 0 aliphatic heterocycles. The molecular weight excluding hydrogens is 1370 g/mol. The van der Waals surface area contributed by atoms with Crippen LogP contribution in [0.5, 0.6) is 0 Å². The molecule has 0 atom stereocenters. The first-order valence-electron chi connectivity index (χ1n) is 26.1. The molecule has 0 saturated carbocycles. The maximum Gasteiger partial charge on any atom is 4.00 e. The van der Waals surface area contributed by atoms with E-state index in [0.29, 0.717) is 0 Å². The zero-order chi connectivity index (χ0) is 52.0. The van der Waals surface area contributed by atoms with Gasteiger partial charge in [-0.2, -0.15) is 0 Å². The Hall–Kier alpha value is -8.35. The van der Waals surface area contributed by atoms with Crippen LogP contribution in [0.2, 0.25) is 0 Å². The monoisotopic (exact) mass is 1430 g/mol. The maximum absolute atomic E-state index is 4.67. The number of halogens is 4. The Labute approximate surface area is 565 Å². The summed E-state index contributed by atoms with van der Waals surface area (Å²) in [7, 11) is 0. The Balaban J connectivity index is 0.000000429. The fourth-order valence-electron chi connectivity index (χ4n) is 10.7. The van der Waals surface area contributed by atoms with Crippen LogP contribution in [0.15, 0.2) is 292 Å². The van der Waals surface area contributed by atoms with E-state index in [1.54, 1.807) is 0 Å². The molecule has 0 fully saturated rings. The predicted octanol–water partition coefficient (Wildman–Crippen LogP) is 2.24. The summed E-state index contributed by atoms with van der Waals surface area (Å²) in [6.45, 7) is 0. The molecule has 11 nitrogen and oxygen atoms in total. The minimum Gasteiger partial charge on any atom is -1.00 e. The van der Waals surface area contributed by atoms with E-state index >= 15 is 0 Å². The van der Waals surface area contributed by atoms with E-state index in [0.717, 1.165) is 65.4 Å². The van der Waals surface area contributed by atoms with Crippen molar-refractivity contribution in [1.82, 2.24) is 29.9 Å². The van der Waals surface area contributed by atoms with Crippen molar-refractivity contribution in [1.29, 1.82) is 0 Å². The van der Waals surface area contributed by atoms with E-state index in [9.17, 15) is 0 Å². The maximum atomic E-state index is 4.67. The molecule has 6 heterocycles. The molecule has 0 amide bonds. The van der Waals surface area contributed by atoms with Gasteiger partial charge >= 0.3 is 39.0 Å². The van der Waals surface area contributed by atoms with Gasteiger partial charge in [0, 0.05) is 69.5 Å². The third-order valence-electron chi connectivity index (χ3n) is 14.4. The Morgan fingerprint density at radius 1 is 0.169 bits per heavy atom. The molecule has 89 heavy (non-hydrogen) atoms. The summed E-state index contributed by atoms with van der Waals surface area (Å²) in [5, 5.41) is 6.77. The number of rotatable bonds is 6. The van der Waals surface area contributed by atoms with Crippen molar-refractivity contribution in [2.75, 3.05) is 0 Å². The smallest absolute Gasteiger partial charge is 1.00 e. The van der Waals surface area contributed by atoms with Gasteiger partial charge in [-0.05, 0) is 103 Å². The van der Waals surface area contributed by atoms with Crippen LogP contribution >= 0.6 is 0 Å². The molecule has 0 spiro atoms. The largest absolute Gasteiger partial charge is 4.00 e. The van der Waals surface area contributed by atoms with Gasteiger partial charge in [0.2, 0.25) is 0 Å². The summed E-state index contributed by atoms with van der Waals surface area (Å²) in [5.41, 5.74) is 19.9. The van der Waals surface area contributed by atoms with Crippen LogP contribution in [0.4, 0.5) is 0 Å². The molecular formula is C72H58Cl4N6O5Ru2+2. The van der Waals surface area contributed by atoms with E-state index in [4.69, 9.17) is 0 Å². The molecule has 448 valence electrons. The van der Waals surface area contributed by atoms with Crippen LogP contribution < -0.4 is 49.6 Å². The number of hydrogen-bond acceptors (Lipinski definition) is 6. The summed E-state index contributed by atoms with van der Waals surface area (Å²) in [6.07, 6.45) is 11.3. The summed E-state index contributed by atoms with van der Waals surface area (Å²) >= 11 is 0. The third kappa shape index (κ3) is 15.7. The first-order valence-corrected chi connectivity index (χ1v) is 26.1. The van der Waals surface area contributed by atoms with E-state index in [-0.39, 0.29) is 116 Å². The molecule has 0 saturated heterocycles. The number of fused-ring (bicyclic) bond motifs is 9. The van der Waals surface area contributed by atoms with Crippen molar-refractivity contribution in [2.24, 2.45) is 0 Å². The molecule has 0 aliphatic rings. The zero-order valence-corrected chi connectivity index (χ0v) is 53.6. The minimum atomic E-state index is 0. The number of nitrogens with zero attached hydrogens (tertiary/aromatic N) is 6. The van der Waals surface area contributed by atoms with E-state index in [2.05, 4.69) is 248 Å². The van der Waals surface area contributed by atoms with Crippen molar-refractivity contribution in [3.63, 3.8) is 0 Å². The predicted molar refractivity (Wildman–Crippen MR) is 342 cm³/mol. The van der Waals surface area contributed by atoms with Gasteiger partial charge in [0.05, 0.1) is 33.1 Å². The standard InChI is InChI=1S/3C24H16N2.4ClH.5H2O.2Ru/c3*1-3-7-17(8-4-1)19-13-15-25-23-21(19)11-12-22-20(14-16-26-24(22)23)18-9-5-2-6-10-18;;;;;;;;;;;/h3*1-16H;4*1H;5*1H2;;/q;;;;;;;;;;;;+2;+4/p-4. The van der Waals surface area contributed by atoms with Gasteiger partial charge in [0.15, 0.2) is 0 Å². The van der Waals surface area contributed by atoms with Crippen LogP contribution in [-0.4, -0.2) is 57.3 Å². The van der Waals surface area contributed by atoms with Gasteiger partial charge in [0.1, 0.15) is 0 Å². The quantitative estimate of drug-likeness (QED) is 0.179. The average molecular weight is 1430 g/mol. The van der Waals surface area contributed by atoms with Crippen molar-refractivity contribution in [3.05, 3.63) is 292 Å². The van der Waals surface area contributed by atoms with Gasteiger partial charge in [-0.1, -0.05) is 218 Å². The second-order valence-corrected chi connectivity index (χ2v) is 18.9. The Bertz CT molecular complexity index is 3880. The molecule has 0 bridgehead atoms. The van der Waals surface area contributed by atoms with Crippen LogP contribution in [0.1, 0.15) is 0 Å². The Kier molecular flexibility index (Phi) is 30.7. The van der Waals surface area contributed by atoms with Gasteiger partial charge < -0.3 is 77.0 Å². The molecule has 15 aromatic rings. The minimum absolute atomic E-state index is 0. The molecule has 17 heteroatoms. The van der Waals surface area contributed by atoms with Crippen LogP contribution in [0, 0.1) is 0 Å². The SMILES string of the molecule is O.O.O.O.O.[Cl-].[Cl-].[Cl-].[Cl-].[Ru+2].[Ru+4].c1ccc(-c2ccnc3c2ccc2c(-c4ccccc4)ccnc23)cc1.c1ccc(-c2ccnc3c2ccc2c(-c4ccccc4)ccnc23)cc1.c1ccc(-c2ccnc3c2ccc2c(-c4ccccc4)ccnc23)cc1. The second-order valence-electron chi connectivity index (χ2n) is 18.9. The number of aromatic nitrogens is 6. The van der Waals surface area contributed by atoms with Crippen molar-refractivity contribution in [2.45, 2.75) is 0 Å². The Morgan fingerprint density at radius 2 is 0.292 bits per heavy atom. The van der Waals surface area contributed by atoms with E-state index in [1.165, 1.54) is 66.8 Å². The van der Waals surface area contributed by atoms with E-state index in [1.807, 2.05) is 73.6 Å². The number of benzene rings is 9. The fourth-order valence-corrected chi connectivity index (χ4v) is 10.7.